The Hall–Kier alpha value is -3.10. The van der Waals surface area contributed by atoms with Crippen LogP contribution in [-0.4, -0.2) is 22.9 Å². The van der Waals surface area contributed by atoms with E-state index >= 15 is 0 Å². The fourth-order valence-electron chi connectivity index (χ4n) is 3.07. The third-order valence-corrected chi connectivity index (χ3v) is 6.80. The molecule has 0 aliphatic carbocycles. The predicted octanol–water partition coefficient (Wildman–Crippen LogP) is 7.06. The minimum atomic E-state index is -1.20. The van der Waals surface area contributed by atoms with Gasteiger partial charge in [0.25, 0.3) is 11.8 Å². The van der Waals surface area contributed by atoms with Crippen molar-refractivity contribution in [2.75, 3.05) is 10.6 Å². The lowest BCUT2D eigenvalue weighted by molar-refractivity contribution is 0.0696. The molecule has 0 spiro atoms. The summed E-state index contributed by atoms with van der Waals surface area (Å²) >= 11 is 19.4. The molecule has 0 radical (unpaired) electrons. The summed E-state index contributed by atoms with van der Waals surface area (Å²) in [5.41, 5.74) is 0.484. The van der Waals surface area contributed by atoms with Crippen molar-refractivity contribution >= 4 is 85.4 Å². The van der Waals surface area contributed by atoms with Gasteiger partial charge >= 0.3 is 5.97 Å². The number of hydrogen-bond acceptors (Lipinski definition) is 4. The van der Waals surface area contributed by atoms with E-state index in [0.29, 0.717) is 21.1 Å². The molecule has 0 bridgehead atoms. The molecular weight excluding hydrogens is 507 g/mol. The summed E-state index contributed by atoms with van der Waals surface area (Å²) in [5, 5.41) is 16.6. The van der Waals surface area contributed by atoms with Crippen LogP contribution in [0, 0.1) is 0 Å². The predicted molar refractivity (Wildman–Crippen MR) is 133 cm³/mol. The van der Waals surface area contributed by atoms with Gasteiger partial charge in [-0.3, -0.25) is 9.59 Å². The summed E-state index contributed by atoms with van der Waals surface area (Å²) in [6.07, 6.45) is 0. The normalized spacial score (nSPS) is 10.8. The summed E-state index contributed by atoms with van der Waals surface area (Å²) in [6, 6.07) is 15.4. The number of carboxylic acid groups (broad SMARTS) is 1. The number of fused-ring (bicyclic) bond motifs is 1. The highest BCUT2D eigenvalue weighted by atomic mass is 35.5. The Kier molecular flexibility index (Phi) is 6.58. The third kappa shape index (κ3) is 4.96. The van der Waals surface area contributed by atoms with Crippen LogP contribution in [0.15, 0.2) is 60.7 Å². The van der Waals surface area contributed by atoms with E-state index in [9.17, 15) is 19.5 Å². The van der Waals surface area contributed by atoms with Crippen molar-refractivity contribution in [3.8, 4) is 0 Å². The SMILES string of the molecule is O=C(O)c1ccc(C(=O)Nc2ccc(Cl)cc2)c(NC(=O)c2sc3cc(Cl)ccc3c2Cl)c1. The summed E-state index contributed by atoms with van der Waals surface area (Å²) in [6.45, 7) is 0. The topological polar surface area (TPSA) is 95.5 Å². The molecule has 10 heteroatoms. The molecule has 33 heavy (non-hydrogen) atoms. The second kappa shape index (κ2) is 9.41. The van der Waals surface area contributed by atoms with Gasteiger partial charge < -0.3 is 15.7 Å². The van der Waals surface area contributed by atoms with Crippen LogP contribution in [0.3, 0.4) is 0 Å². The molecule has 166 valence electrons. The first-order valence-corrected chi connectivity index (χ1v) is 11.3. The average Bonchev–Trinajstić information content (AvgIpc) is 3.10. The van der Waals surface area contributed by atoms with Crippen molar-refractivity contribution < 1.29 is 19.5 Å². The molecule has 4 aromatic rings. The van der Waals surface area contributed by atoms with Crippen molar-refractivity contribution in [3.05, 3.63) is 91.7 Å². The average molecular weight is 520 g/mol. The lowest BCUT2D eigenvalue weighted by atomic mass is 10.1. The van der Waals surface area contributed by atoms with Crippen molar-refractivity contribution in [2.45, 2.75) is 0 Å². The first-order valence-electron chi connectivity index (χ1n) is 9.36. The van der Waals surface area contributed by atoms with Crippen LogP contribution in [0.5, 0.6) is 0 Å². The number of aromatic carboxylic acids is 1. The molecular formula is C23H13Cl3N2O4S. The van der Waals surface area contributed by atoms with Gasteiger partial charge in [0.2, 0.25) is 0 Å². The van der Waals surface area contributed by atoms with Gasteiger partial charge in [0.15, 0.2) is 0 Å². The van der Waals surface area contributed by atoms with E-state index in [1.54, 1.807) is 42.5 Å². The smallest absolute Gasteiger partial charge is 0.335 e. The van der Waals surface area contributed by atoms with Crippen LogP contribution < -0.4 is 10.6 Å². The van der Waals surface area contributed by atoms with Gasteiger partial charge in [-0.2, -0.15) is 0 Å². The zero-order valence-corrected chi connectivity index (χ0v) is 19.6. The number of anilines is 2. The summed E-state index contributed by atoms with van der Waals surface area (Å²) < 4.78 is 0.720. The number of halogens is 3. The van der Waals surface area contributed by atoms with Gasteiger partial charge in [0, 0.05) is 25.8 Å². The Labute approximate surface area is 206 Å². The van der Waals surface area contributed by atoms with Crippen molar-refractivity contribution in [1.29, 1.82) is 0 Å². The van der Waals surface area contributed by atoms with E-state index < -0.39 is 17.8 Å². The minimum Gasteiger partial charge on any atom is -0.478 e. The van der Waals surface area contributed by atoms with Crippen LogP contribution >= 0.6 is 46.1 Å². The number of rotatable bonds is 5. The Balaban J connectivity index is 1.68. The summed E-state index contributed by atoms with van der Waals surface area (Å²) in [5.74, 6) is -2.33. The molecule has 1 aromatic heterocycles. The van der Waals surface area contributed by atoms with Gasteiger partial charge in [0.05, 0.1) is 21.8 Å². The van der Waals surface area contributed by atoms with Crippen LogP contribution in [0.4, 0.5) is 11.4 Å². The molecule has 6 nitrogen and oxygen atoms in total. The number of nitrogens with one attached hydrogen (secondary N) is 2. The minimum absolute atomic E-state index is 0.0259. The molecule has 0 fully saturated rings. The largest absolute Gasteiger partial charge is 0.478 e. The highest BCUT2D eigenvalue weighted by Crippen LogP contribution is 2.37. The Morgan fingerprint density at radius 3 is 2.18 bits per heavy atom. The van der Waals surface area contributed by atoms with E-state index in [1.807, 2.05) is 0 Å². The van der Waals surface area contributed by atoms with Crippen LogP contribution in [0.25, 0.3) is 10.1 Å². The van der Waals surface area contributed by atoms with Gasteiger partial charge in [-0.1, -0.05) is 40.9 Å². The Morgan fingerprint density at radius 1 is 0.788 bits per heavy atom. The van der Waals surface area contributed by atoms with Crippen LogP contribution in [0.1, 0.15) is 30.4 Å². The number of thiophene rings is 1. The summed E-state index contributed by atoms with van der Waals surface area (Å²) in [4.78, 5) is 37.6. The van der Waals surface area contributed by atoms with Gasteiger partial charge in [0.1, 0.15) is 4.88 Å². The second-order valence-corrected chi connectivity index (χ2v) is 9.17. The van der Waals surface area contributed by atoms with Crippen LogP contribution in [0.2, 0.25) is 15.1 Å². The van der Waals surface area contributed by atoms with Crippen molar-refractivity contribution in [1.82, 2.24) is 0 Å². The highest BCUT2D eigenvalue weighted by Gasteiger charge is 2.21. The quantitative estimate of drug-likeness (QED) is 0.263. The van der Waals surface area contributed by atoms with Crippen LogP contribution in [-0.2, 0) is 0 Å². The first-order chi connectivity index (χ1) is 15.7. The Bertz CT molecular complexity index is 1420. The Morgan fingerprint density at radius 2 is 1.48 bits per heavy atom. The van der Waals surface area contributed by atoms with E-state index in [4.69, 9.17) is 34.8 Å². The number of hydrogen-bond donors (Lipinski definition) is 3. The molecule has 4 rings (SSSR count). The second-order valence-electron chi connectivity index (χ2n) is 6.87. The molecule has 3 N–H and O–H groups in total. The molecule has 2 amide bonds. The first kappa shape index (κ1) is 23.1. The van der Waals surface area contributed by atoms with Crippen molar-refractivity contribution in [2.24, 2.45) is 0 Å². The van der Waals surface area contributed by atoms with E-state index in [2.05, 4.69) is 10.6 Å². The van der Waals surface area contributed by atoms with E-state index in [1.165, 1.54) is 18.2 Å². The maximum absolute atomic E-state index is 13.0. The van der Waals surface area contributed by atoms with E-state index in [0.717, 1.165) is 16.0 Å². The molecule has 0 aliphatic rings. The number of carbonyl (C=O) groups excluding carboxylic acids is 2. The van der Waals surface area contributed by atoms with Gasteiger partial charge in [-0.05, 0) is 54.6 Å². The molecule has 3 aromatic carbocycles. The molecule has 0 saturated heterocycles. The molecule has 0 unspecified atom stereocenters. The number of carboxylic acids is 1. The standard InChI is InChI=1S/C23H13Cl3N2O4S/c24-12-2-5-14(6-3-12)27-21(29)15-7-1-11(23(31)32)9-17(15)28-22(30)20-19(26)16-8-4-13(25)10-18(16)33-20/h1-10H,(H,27,29)(H,28,30)(H,31,32). The maximum Gasteiger partial charge on any atom is 0.335 e. The number of amides is 2. The monoisotopic (exact) mass is 518 g/mol. The van der Waals surface area contributed by atoms with Gasteiger partial charge in [-0.25, -0.2) is 4.79 Å². The molecule has 0 atom stereocenters. The zero-order valence-electron chi connectivity index (χ0n) is 16.5. The molecule has 0 aliphatic heterocycles. The van der Waals surface area contributed by atoms with E-state index in [-0.39, 0.29) is 26.7 Å². The maximum atomic E-state index is 13.0. The third-order valence-electron chi connectivity index (χ3n) is 4.66. The lowest BCUT2D eigenvalue weighted by Gasteiger charge is -2.12. The number of benzene rings is 3. The molecule has 0 saturated carbocycles. The highest BCUT2D eigenvalue weighted by molar-refractivity contribution is 7.21. The van der Waals surface area contributed by atoms with Gasteiger partial charge in [-0.15, -0.1) is 11.3 Å². The fraction of sp³-hybridized carbons (Fsp3) is 0. The zero-order chi connectivity index (χ0) is 23.7. The summed E-state index contributed by atoms with van der Waals surface area (Å²) in [7, 11) is 0. The van der Waals surface area contributed by atoms with Crippen molar-refractivity contribution in [3.63, 3.8) is 0 Å². The lowest BCUT2D eigenvalue weighted by Crippen LogP contribution is -2.18. The fourth-order valence-corrected chi connectivity index (χ4v) is 4.89. The number of carbonyl (C=O) groups is 3. The molecule has 1 heterocycles.